The number of alkyl halides is 3. The molecule has 0 bridgehead atoms. The number of benzene rings is 3. The minimum Gasteiger partial charge on any atom is -0.508 e. The predicted molar refractivity (Wildman–Crippen MR) is 131 cm³/mol. The number of fused-ring (bicyclic) bond motifs is 1. The van der Waals surface area contributed by atoms with Gasteiger partial charge in [0.1, 0.15) is 11.5 Å². The zero-order valence-corrected chi connectivity index (χ0v) is 19.9. The summed E-state index contributed by atoms with van der Waals surface area (Å²) in [5, 5.41) is 10.1. The second-order valence-corrected chi connectivity index (χ2v) is 8.69. The summed E-state index contributed by atoms with van der Waals surface area (Å²) in [6.07, 6.45) is -0.699. The lowest BCUT2D eigenvalue weighted by molar-refractivity contribution is -0.153. The Morgan fingerprint density at radius 2 is 1.78 bits per heavy atom. The Hall–Kier alpha value is -3.94. The van der Waals surface area contributed by atoms with Gasteiger partial charge in [-0.1, -0.05) is 30.3 Å². The number of halogens is 3. The number of methoxy groups -OCH3 is 1. The molecular formula is C28H26F3NO4. The molecule has 0 saturated heterocycles. The van der Waals surface area contributed by atoms with Crippen molar-refractivity contribution in [1.29, 1.82) is 0 Å². The van der Waals surface area contributed by atoms with Gasteiger partial charge in [-0.05, 0) is 78.1 Å². The van der Waals surface area contributed by atoms with E-state index in [0.717, 1.165) is 27.9 Å². The van der Waals surface area contributed by atoms with Gasteiger partial charge in [-0.3, -0.25) is 0 Å². The largest absolute Gasteiger partial charge is 0.508 e. The molecule has 5 nitrogen and oxygen atoms in total. The molecule has 0 radical (unpaired) electrons. The predicted octanol–water partition coefficient (Wildman–Crippen LogP) is 5.85. The summed E-state index contributed by atoms with van der Waals surface area (Å²) >= 11 is 0. The Morgan fingerprint density at radius 1 is 1.08 bits per heavy atom. The first kappa shape index (κ1) is 25.2. The van der Waals surface area contributed by atoms with Crippen molar-refractivity contribution in [2.75, 3.05) is 25.2 Å². The van der Waals surface area contributed by atoms with Crippen molar-refractivity contribution in [3.63, 3.8) is 0 Å². The normalized spacial score (nSPS) is 17.6. The summed E-state index contributed by atoms with van der Waals surface area (Å²) in [5.41, 5.74) is 4.02. The molecule has 1 aliphatic heterocycles. The maximum Gasteiger partial charge on any atom is 0.422 e. The molecule has 8 heteroatoms. The van der Waals surface area contributed by atoms with Gasteiger partial charge < -0.3 is 19.5 Å². The van der Waals surface area contributed by atoms with Crippen LogP contribution in [0.15, 0.2) is 72.8 Å². The number of phenols is 1. The van der Waals surface area contributed by atoms with Gasteiger partial charge in [-0.25, -0.2) is 4.79 Å². The summed E-state index contributed by atoms with van der Waals surface area (Å²) in [4.78, 5) is 13.6. The summed E-state index contributed by atoms with van der Waals surface area (Å²) < 4.78 is 47.1. The van der Waals surface area contributed by atoms with Crippen molar-refractivity contribution in [3.8, 4) is 11.5 Å². The highest BCUT2D eigenvalue weighted by molar-refractivity contribution is 5.86. The molecule has 1 unspecified atom stereocenters. The molecular weight excluding hydrogens is 471 g/mol. The zero-order chi connectivity index (χ0) is 25.9. The number of aromatic hydroxyl groups is 1. The highest BCUT2D eigenvalue weighted by Gasteiger charge is 2.40. The van der Waals surface area contributed by atoms with E-state index in [-0.39, 0.29) is 11.5 Å². The molecule has 1 heterocycles. The van der Waals surface area contributed by atoms with Crippen molar-refractivity contribution in [3.05, 3.63) is 95.1 Å². The molecule has 1 N–H and O–H groups in total. The van der Waals surface area contributed by atoms with Gasteiger partial charge in [0.2, 0.25) is 0 Å². The Balaban J connectivity index is 1.71. The Morgan fingerprint density at radius 3 is 2.42 bits per heavy atom. The second kappa shape index (κ2) is 9.97. The summed E-state index contributed by atoms with van der Waals surface area (Å²) in [6, 6.07) is 19.7. The van der Waals surface area contributed by atoms with Crippen LogP contribution in [0, 0.1) is 0 Å². The highest BCUT2D eigenvalue weighted by Crippen LogP contribution is 2.44. The molecule has 0 amide bonds. The van der Waals surface area contributed by atoms with E-state index >= 15 is 0 Å². The van der Waals surface area contributed by atoms with Crippen LogP contribution in [0.1, 0.15) is 29.2 Å². The van der Waals surface area contributed by atoms with E-state index in [1.165, 1.54) is 25.3 Å². The number of hydrogen-bond donors (Lipinski definition) is 1. The number of rotatable bonds is 6. The topological polar surface area (TPSA) is 59.0 Å². The van der Waals surface area contributed by atoms with E-state index < -0.39 is 24.3 Å². The minimum absolute atomic E-state index is 0.141. The molecule has 0 aromatic heterocycles. The van der Waals surface area contributed by atoms with Crippen molar-refractivity contribution in [2.45, 2.75) is 25.1 Å². The number of nitrogens with zero attached hydrogens (tertiary/aromatic N) is 1. The van der Waals surface area contributed by atoms with Gasteiger partial charge in [0, 0.05) is 18.3 Å². The van der Waals surface area contributed by atoms with E-state index in [9.17, 15) is 23.1 Å². The zero-order valence-electron chi connectivity index (χ0n) is 19.9. The number of ether oxygens (including phenoxy) is 2. The van der Waals surface area contributed by atoms with Gasteiger partial charge in [0.25, 0.3) is 0 Å². The lowest BCUT2D eigenvalue weighted by Gasteiger charge is -2.48. The Kier molecular flexibility index (Phi) is 6.97. The monoisotopic (exact) mass is 497 g/mol. The fourth-order valence-electron chi connectivity index (χ4n) is 4.60. The maximum atomic E-state index is 12.5. The average molecular weight is 498 g/mol. The van der Waals surface area contributed by atoms with Crippen molar-refractivity contribution in [1.82, 2.24) is 0 Å². The third-order valence-corrected chi connectivity index (χ3v) is 6.39. The summed E-state index contributed by atoms with van der Waals surface area (Å²) in [5.74, 6) is -0.109. The Bertz CT molecular complexity index is 1250. The molecule has 1 aliphatic rings. The molecule has 4 rings (SSSR count). The van der Waals surface area contributed by atoms with E-state index in [2.05, 4.69) is 16.6 Å². The third kappa shape index (κ3) is 5.32. The standard InChI is InChI=1S/C28H26F3NO4/c1-27(21-6-3-19(4-7-21)5-14-26(34)35-2)25-13-10-23(33)17-20(25)15-16-32(27)22-8-11-24(12-9-22)36-18-28(29,30)31/h3-14,17,33H,15-16,18H2,1-2H3/b14-5+. The lowest BCUT2D eigenvalue weighted by Crippen LogP contribution is -2.49. The molecule has 0 aliphatic carbocycles. The molecule has 36 heavy (non-hydrogen) atoms. The van der Waals surface area contributed by atoms with Crippen LogP contribution in [-0.2, 0) is 21.5 Å². The molecule has 0 spiro atoms. The van der Waals surface area contributed by atoms with Gasteiger partial charge in [-0.2, -0.15) is 13.2 Å². The number of carbonyl (C=O) groups is 1. The second-order valence-electron chi connectivity index (χ2n) is 8.69. The fourth-order valence-corrected chi connectivity index (χ4v) is 4.60. The lowest BCUT2D eigenvalue weighted by atomic mass is 9.76. The first-order chi connectivity index (χ1) is 17.1. The first-order valence-corrected chi connectivity index (χ1v) is 11.4. The van der Waals surface area contributed by atoms with Gasteiger partial charge in [0.05, 0.1) is 12.6 Å². The third-order valence-electron chi connectivity index (χ3n) is 6.39. The van der Waals surface area contributed by atoms with Crippen molar-refractivity contribution >= 4 is 17.7 Å². The van der Waals surface area contributed by atoms with Crippen LogP contribution in [0.2, 0.25) is 0 Å². The van der Waals surface area contributed by atoms with Crippen LogP contribution in [-0.4, -0.2) is 37.5 Å². The molecule has 3 aromatic carbocycles. The number of esters is 1. The minimum atomic E-state index is -4.41. The van der Waals surface area contributed by atoms with Crippen LogP contribution in [0.25, 0.3) is 6.08 Å². The van der Waals surface area contributed by atoms with Crippen LogP contribution in [0.4, 0.5) is 18.9 Å². The maximum absolute atomic E-state index is 12.5. The number of anilines is 1. The van der Waals surface area contributed by atoms with Crippen LogP contribution < -0.4 is 9.64 Å². The SMILES string of the molecule is COC(=O)/C=C/c1ccc(C2(C)c3ccc(O)cc3CCN2c2ccc(OCC(F)(F)F)cc2)cc1. The van der Waals surface area contributed by atoms with Crippen LogP contribution in [0.5, 0.6) is 11.5 Å². The quantitative estimate of drug-likeness (QED) is 0.342. The molecule has 0 fully saturated rings. The average Bonchev–Trinajstić information content (AvgIpc) is 2.86. The van der Waals surface area contributed by atoms with Crippen LogP contribution >= 0.6 is 0 Å². The molecule has 1 atom stereocenters. The molecule has 188 valence electrons. The van der Waals surface area contributed by atoms with E-state index in [4.69, 9.17) is 4.74 Å². The van der Waals surface area contributed by atoms with Crippen LogP contribution in [0.3, 0.4) is 0 Å². The van der Waals surface area contributed by atoms with E-state index in [1.807, 2.05) is 30.3 Å². The Labute approximate surface area is 207 Å². The number of hydrogen-bond acceptors (Lipinski definition) is 5. The first-order valence-electron chi connectivity index (χ1n) is 11.4. The highest BCUT2D eigenvalue weighted by atomic mass is 19.4. The van der Waals surface area contributed by atoms with Crippen molar-refractivity contribution < 1.29 is 32.5 Å². The molecule has 0 saturated carbocycles. The fraction of sp³-hybridized carbons (Fsp3) is 0.250. The van der Waals surface area contributed by atoms with Gasteiger partial charge in [-0.15, -0.1) is 0 Å². The smallest absolute Gasteiger partial charge is 0.422 e. The van der Waals surface area contributed by atoms with E-state index in [0.29, 0.717) is 13.0 Å². The van der Waals surface area contributed by atoms with Gasteiger partial charge in [0.15, 0.2) is 6.61 Å². The van der Waals surface area contributed by atoms with Gasteiger partial charge >= 0.3 is 12.1 Å². The number of phenolic OH excluding ortho intramolecular Hbond substituents is 1. The van der Waals surface area contributed by atoms with E-state index in [1.54, 1.807) is 30.3 Å². The molecule has 3 aromatic rings. The number of carbonyl (C=O) groups excluding carboxylic acids is 1. The summed E-state index contributed by atoms with van der Waals surface area (Å²) in [6.45, 7) is 1.36. The summed E-state index contributed by atoms with van der Waals surface area (Å²) in [7, 11) is 1.32. The van der Waals surface area contributed by atoms with Crippen molar-refractivity contribution in [2.24, 2.45) is 0 Å².